The first-order valence-electron chi connectivity index (χ1n) is 7.42. The van der Waals surface area contributed by atoms with Crippen molar-refractivity contribution in [3.05, 3.63) is 20.8 Å². The lowest BCUT2D eigenvalue weighted by molar-refractivity contribution is 0.159. The van der Waals surface area contributed by atoms with Gasteiger partial charge in [0.25, 0.3) is 0 Å². The highest BCUT2D eigenvalue weighted by Crippen LogP contribution is 2.39. The fourth-order valence-corrected chi connectivity index (χ4v) is 4.26. The van der Waals surface area contributed by atoms with Gasteiger partial charge in [0.2, 0.25) is 0 Å². The largest absolute Gasteiger partial charge is 0.326 e. The Morgan fingerprint density at radius 2 is 2.21 bits per heavy atom. The van der Waals surface area contributed by atoms with Gasteiger partial charge in [0.15, 0.2) is 0 Å². The standard InChI is InChI=1S/C15H25BrN2S/c1-3-5-8-18(12-6-7-12)15(13(17)4-2)14-9-11(16)10-19-14/h9-10,12-13,15H,3-8,17H2,1-2H3. The van der Waals surface area contributed by atoms with Crippen LogP contribution in [0.2, 0.25) is 0 Å². The van der Waals surface area contributed by atoms with E-state index >= 15 is 0 Å². The highest BCUT2D eigenvalue weighted by Gasteiger charge is 2.37. The molecule has 1 aromatic rings. The molecule has 2 nitrogen and oxygen atoms in total. The molecule has 19 heavy (non-hydrogen) atoms. The molecule has 0 radical (unpaired) electrons. The molecule has 1 saturated carbocycles. The Morgan fingerprint density at radius 3 is 2.68 bits per heavy atom. The molecule has 2 atom stereocenters. The molecule has 2 N–H and O–H groups in total. The smallest absolute Gasteiger partial charge is 0.0596 e. The number of unbranched alkanes of at least 4 members (excludes halogenated alkanes) is 1. The molecule has 2 rings (SSSR count). The van der Waals surface area contributed by atoms with E-state index in [-0.39, 0.29) is 6.04 Å². The van der Waals surface area contributed by atoms with Gasteiger partial charge in [-0.05, 0) is 54.2 Å². The van der Waals surface area contributed by atoms with Gasteiger partial charge in [-0.3, -0.25) is 4.90 Å². The first-order chi connectivity index (χ1) is 9.17. The van der Waals surface area contributed by atoms with Gasteiger partial charge in [-0.1, -0.05) is 20.3 Å². The summed E-state index contributed by atoms with van der Waals surface area (Å²) in [5, 5.41) is 2.18. The molecule has 1 fully saturated rings. The van der Waals surface area contributed by atoms with Crippen LogP contribution >= 0.6 is 27.3 Å². The van der Waals surface area contributed by atoms with E-state index in [2.05, 4.69) is 46.1 Å². The number of nitrogens with two attached hydrogens (primary N) is 1. The van der Waals surface area contributed by atoms with Crippen molar-refractivity contribution in [3.63, 3.8) is 0 Å². The maximum Gasteiger partial charge on any atom is 0.0596 e. The number of rotatable bonds is 8. The third kappa shape index (κ3) is 4.03. The molecular weight excluding hydrogens is 320 g/mol. The van der Waals surface area contributed by atoms with Crippen molar-refractivity contribution in [2.45, 2.75) is 64.1 Å². The minimum atomic E-state index is 0.239. The van der Waals surface area contributed by atoms with E-state index in [1.54, 1.807) is 0 Å². The Morgan fingerprint density at radius 1 is 1.47 bits per heavy atom. The van der Waals surface area contributed by atoms with Crippen LogP contribution < -0.4 is 5.73 Å². The quantitative estimate of drug-likeness (QED) is 0.749. The Bertz CT molecular complexity index is 389. The van der Waals surface area contributed by atoms with Crippen LogP contribution in [0.3, 0.4) is 0 Å². The minimum Gasteiger partial charge on any atom is -0.326 e. The van der Waals surface area contributed by atoms with Gasteiger partial charge in [0.1, 0.15) is 0 Å². The third-order valence-electron chi connectivity index (χ3n) is 3.90. The summed E-state index contributed by atoms with van der Waals surface area (Å²) in [6.45, 7) is 5.65. The van der Waals surface area contributed by atoms with E-state index in [4.69, 9.17) is 5.73 Å². The van der Waals surface area contributed by atoms with Crippen molar-refractivity contribution >= 4 is 27.3 Å². The zero-order chi connectivity index (χ0) is 13.8. The SMILES string of the molecule is CCCCN(C1CC1)C(c1cc(Br)cs1)C(N)CC. The molecule has 1 heterocycles. The van der Waals surface area contributed by atoms with Crippen LogP contribution in [-0.2, 0) is 0 Å². The second-order valence-electron chi connectivity index (χ2n) is 5.51. The van der Waals surface area contributed by atoms with Crippen molar-refractivity contribution in [1.29, 1.82) is 0 Å². The maximum atomic E-state index is 6.45. The second kappa shape index (κ2) is 7.21. The summed E-state index contributed by atoms with van der Waals surface area (Å²) in [7, 11) is 0. The highest BCUT2D eigenvalue weighted by atomic mass is 79.9. The zero-order valence-electron chi connectivity index (χ0n) is 11.9. The predicted octanol–water partition coefficient (Wildman–Crippen LogP) is 4.55. The molecule has 1 aliphatic carbocycles. The van der Waals surface area contributed by atoms with Crippen LogP contribution in [0.1, 0.15) is 56.9 Å². The summed E-state index contributed by atoms with van der Waals surface area (Å²) in [4.78, 5) is 4.10. The molecule has 4 heteroatoms. The number of halogens is 1. The molecule has 108 valence electrons. The van der Waals surface area contributed by atoms with Crippen molar-refractivity contribution in [3.8, 4) is 0 Å². The molecule has 2 unspecified atom stereocenters. The van der Waals surface area contributed by atoms with Crippen LogP contribution in [0.4, 0.5) is 0 Å². The lowest BCUT2D eigenvalue weighted by atomic mass is 10.0. The van der Waals surface area contributed by atoms with Gasteiger partial charge in [0, 0.05) is 26.8 Å². The van der Waals surface area contributed by atoms with E-state index in [1.807, 2.05) is 11.3 Å². The predicted molar refractivity (Wildman–Crippen MR) is 87.7 cm³/mol. The van der Waals surface area contributed by atoms with Crippen molar-refractivity contribution in [2.75, 3.05) is 6.54 Å². The van der Waals surface area contributed by atoms with Gasteiger partial charge in [-0.15, -0.1) is 11.3 Å². The molecular formula is C15H25BrN2S. The second-order valence-corrected chi connectivity index (χ2v) is 7.37. The van der Waals surface area contributed by atoms with Crippen LogP contribution in [0.25, 0.3) is 0 Å². The van der Waals surface area contributed by atoms with E-state index in [0.717, 1.165) is 12.5 Å². The van der Waals surface area contributed by atoms with Crippen LogP contribution in [0.15, 0.2) is 15.9 Å². The Hall–Kier alpha value is 0.1000. The lowest BCUT2D eigenvalue weighted by Gasteiger charge is -2.35. The highest BCUT2D eigenvalue weighted by molar-refractivity contribution is 9.10. The van der Waals surface area contributed by atoms with Crippen molar-refractivity contribution in [2.24, 2.45) is 5.73 Å². The van der Waals surface area contributed by atoms with E-state index < -0.39 is 0 Å². The summed E-state index contributed by atoms with van der Waals surface area (Å²) >= 11 is 5.42. The average Bonchev–Trinajstić information content (AvgIpc) is 3.16. The van der Waals surface area contributed by atoms with E-state index in [9.17, 15) is 0 Å². The fourth-order valence-electron chi connectivity index (χ4n) is 2.62. The first kappa shape index (κ1) is 15.5. The number of hydrogen-bond acceptors (Lipinski definition) is 3. The van der Waals surface area contributed by atoms with Gasteiger partial charge in [-0.25, -0.2) is 0 Å². The van der Waals surface area contributed by atoms with E-state index in [1.165, 1.54) is 41.6 Å². The number of thiophene rings is 1. The molecule has 0 bridgehead atoms. The minimum absolute atomic E-state index is 0.239. The Kier molecular flexibility index (Phi) is 5.87. The fraction of sp³-hybridized carbons (Fsp3) is 0.733. The molecule has 0 aromatic carbocycles. The van der Waals surface area contributed by atoms with E-state index in [0.29, 0.717) is 6.04 Å². The van der Waals surface area contributed by atoms with Gasteiger partial charge in [-0.2, -0.15) is 0 Å². The normalized spacial score (nSPS) is 18.8. The van der Waals surface area contributed by atoms with Crippen LogP contribution in [0, 0.1) is 0 Å². The summed E-state index contributed by atoms with van der Waals surface area (Å²) in [6, 6.07) is 3.67. The maximum absolute atomic E-state index is 6.45. The first-order valence-corrected chi connectivity index (χ1v) is 9.09. The van der Waals surface area contributed by atoms with Gasteiger partial charge >= 0.3 is 0 Å². The topological polar surface area (TPSA) is 29.3 Å². The molecule has 1 aliphatic rings. The van der Waals surface area contributed by atoms with Crippen LogP contribution in [-0.4, -0.2) is 23.5 Å². The number of hydrogen-bond donors (Lipinski definition) is 1. The van der Waals surface area contributed by atoms with Crippen molar-refractivity contribution < 1.29 is 0 Å². The summed E-state index contributed by atoms with van der Waals surface area (Å²) in [5.41, 5.74) is 6.45. The molecule has 0 spiro atoms. The third-order valence-corrected chi connectivity index (χ3v) is 5.66. The Labute approximate surface area is 129 Å². The molecule has 0 aliphatic heterocycles. The van der Waals surface area contributed by atoms with Gasteiger partial charge < -0.3 is 5.73 Å². The number of nitrogens with zero attached hydrogens (tertiary/aromatic N) is 1. The summed E-state index contributed by atoms with van der Waals surface area (Å²) < 4.78 is 1.19. The average molecular weight is 345 g/mol. The monoisotopic (exact) mass is 344 g/mol. The summed E-state index contributed by atoms with van der Waals surface area (Å²) in [5.74, 6) is 0. The zero-order valence-corrected chi connectivity index (χ0v) is 14.3. The molecule has 1 aromatic heterocycles. The summed E-state index contributed by atoms with van der Waals surface area (Å²) in [6.07, 6.45) is 6.27. The van der Waals surface area contributed by atoms with Gasteiger partial charge in [0.05, 0.1) is 6.04 Å². The Balaban J connectivity index is 2.19. The lowest BCUT2D eigenvalue weighted by Crippen LogP contribution is -2.42. The molecule has 0 amide bonds. The molecule has 0 saturated heterocycles. The van der Waals surface area contributed by atoms with Crippen molar-refractivity contribution in [1.82, 2.24) is 4.90 Å². The van der Waals surface area contributed by atoms with Crippen LogP contribution in [0.5, 0.6) is 0 Å².